The molecule has 0 aliphatic heterocycles. The Morgan fingerprint density at radius 2 is 1.82 bits per heavy atom. The predicted molar refractivity (Wildman–Crippen MR) is 80.4 cm³/mol. The third kappa shape index (κ3) is 5.95. The van der Waals surface area contributed by atoms with Crippen LogP contribution in [-0.4, -0.2) is 25.6 Å². The lowest BCUT2D eigenvalue weighted by Crippen LogP contribution is -2.53. The quantitative estimate of drug-likeness (QED) is 0.674. The van der Waals surface area contributed by atoms with E-state index in [1.807, 2.05) is 20.8 Å². The lowest BCUT2D eigenvalue weighted by molar-refractivity contribution is -0.126. The second-order valence-electron chi connectivity index (χ2n) is 5.95. The van der Waals surface area contributed by atoms with Gasteiger partial charge in [0.25, 0.3) is 5.91 Å². The Bertz CT molecular complexity index is 473. The molecule has 0 aliphatic rings. The number of rotatable bonds is 7. The van der Waals surface area contributed by atoms with E-state index in [0.29, 0.717) is 6.54 Å². The number of nitrogens with one attached hydrogen (secondary N) is 3. The minimum Gasteiger partial charge on any atom is -0.435 e. The number of carbonyl (C=O) groups excluding carboxylic acids is 1. The fourth-order valence-corrected chi connectivity index (χ4v) is 2.05. The molecule has 124 valence electrons. The van der Waals surface area contributed by atoms with Gasteiger partial charge in [-0.25, -0.2) is 5.43 Å². The summed E-state index contributed by atoms with van der Waals surface area (Å²) in [5, 5.41) is 2.98. The number of hydrogen-bond donors (Lipinski definition) is 3. The molecule has 1 atom stereocenters. The van der Waals surface area contributed by atoms with Crippen molar-refractivity contribution in [1.82, 2.24) is 16.2 Å². The van der Waals surface area contributed by atoms with Crippen molar-refractivity contribution in [2.24, 2.45) is 5.41 Å². The second kappa shape index (κ2) is 8.05. The first-order chi connectivity index (χ1) is 10.2. The van der Waals surface area contributed by atoms with Gasteiger partial charge in [-0.1, -0.05) is 32.9 Å². The van der Waals surface area contributed by atoms with Gasteiger partial charge in [0.15, 0.2) is 0 Å². The average molecular weight is 315 g/mol. The zero-order chi connectivity index (χ0) is 16.8. The predicted octanol–water partition coefficient (Wildman–Crippen LogP) is 2.04. The van der Waals surface area contributed by atoms with Gasteiger partial charge in [0.1, 0.15) is 5.75 Å². The monoisotopic (exact) mass is 315 g/mol. The van der Waals surface area contributed by atoms with Crippen molar-refractivity contribution in [2.45, 2.75) is 40.0 Å². The third-order valence-electron chi connectivity index (χ3n) is 3.07. The standard InChI is InChI=1S/C15H23F2N3O2/c1-15(2,3)12(18-4)13(21)20-19-9-10-5-7-11(8-6-10)22-14(16)17/h5-8,12,14,18-19H,9H2,1-4H3,(H,20,21). The molecule has 0 aromatic heterocycles. The average Bonchev–Trinajstić information content (AvgIpc) is 2.39. The molecule has 0 spiro atoms. The fraction of sp³-hybridized carbons (Fsp3) is 0.533. The van der Waals surface area contributed by atoms with Gasteiger partial charge in [-0.3, -0.25) is 10.2 Å². The molecule has 0 bridgehead atoms. The van der Waals surface area contributed by atoms with Crippen molar-refractivity contribution < 1.29 is 18.3 Å². The van der Waals surface area contributed by atoms with Gasteiger partial charge in [-0.05, 0) is 30.2 Å². The summed E-state index contributed by atoms with van der Waals surface area (Å²) in [6.07, 6.45) is 0. The molecule has 0 fully saturated rings. The number of hydrazine groups is 1. The van der Waals surface area contributed by atoms with Crippen molar-refractivity contribution in [3.05, 3.63) is 29.8 Å². The van der Waals surface area contributed by atoms with Crippen LogP contribution >= 0.6 is 0 Å². The smallest absolute Gasteiger partial charge is 0.387 e. The Balaban J connectivity index is 2.45. The molecule has 22 heavy (non-hydrogen) atoms. The van der Waals surface area contributed by atoms with Crippen LogP contribution in [0, 0.1) is 5.41 Å². The number of ether oxygens (including phenoxy) is 1. The molecular formula is C15H23F2N3O2. The number of alkyl halides is 2. The van der Waals surface area contributed by atoms with E-state index < -0.39 is 6.61 Å². The van der Waals surface area contributed by atoms with Crippen LogP contribution in [0.4, 0.5) is 8.78 Å². The first-order valence-corrected chi connectivity index (χ1v) is 6.97. The van der Waals surface area contributed by atoms with Crippen molar-refractivity contribution in [3.8, 4) is 5.75 Å². The number of likely N-dealkylation sites (N-methyl/N-ethyl adjacent to an activating group) is 1. The molecule has 1 aromatic carbocycles. The first-order valence-electron chi connectivity index (χ1n) is 6.97. The summed E-state index contributed by atoms with van der Waals surface area (Å²) < 4.78 is 28.3. The van der Waals surface area contributed by atoms with Crippen LogP contribution in [0.3, 0.4) is 0 Å². The van der Waals surface area contributed by atoms with Crippen LogP contribution in [0.1, 0.15) is 26.3 Å². The SMILES string of the molecule is CNC(C(=O)NNCc1ccc(OC(F)F)cc1)C(C)(C)C. The van der Waals surface area contributed by atoms with Crippen molar-refractivity contribution in [2.75, 3.05) is 7.05 Å². The Hall–Kier alpha value is -1.73. The van der Waals surface area contributed by atoms with Crippen molar-refractivity contribution >= 4 is 5.91 Å². The van der Waals surface area contributed by atoms with Crippen molar-refractivity contribution in [3.63, 3.8) is 0 Å². The maximum atomic E-state index is 12.0. The fourth-order valence-electron chi connectivity index (χ4n) is 2.05. The zero-order valence-corrected chi connectivity index (χ0v) is 13.2. The number of halogens is 2. The van der Waals surface area contributed by atoms with E-state index in [-0.39, 0.29) is 23.1 Å². The Morgan fingerprint density at radius 3 is 2.27 bits per heavy atom. The highest BCUT2D eigenvalue weighted by molar-refractivity contribution is 5.82. The van der Waals surface area contributed by atoms with Crippen LogP contribution in [0.5, 0.6) is 5.75 Å². The van der Waals surface area contributed by atoms with E-state index in [2.05, 4.69) is 20.9 Å². The molecule has 1 unspecified atom stereocenters. The van der Waals surface area contributed by atoms with Gasteiger partial charge in [-0.15, -0.1) is 0 Å². The molecule has 0 radical (unpaired) electrons. The minimum atomic E-state index is -2.83. The molecule has 1 rings (SSSR count). The van der Waals surface area contributed by atoms with Gasteiger partial charge < -0.3 is 10.1 Å². The Kier molecular flexibility index (Phi) is 6.70. The van der Waals surface area contributed by atoms with Gasteiger partial charge in [0, 0.05) is 6.54 Å². The Morgan fingerprint density at radius 1 is 1.23 bits per heavy atom. The summed E-state index contributed by atoms with van der Waals surface area (Å²) in [5.41, 5.74) is 6.07. The summed E-state index contributed by atoms with van der Waals surface area (Å²) in [6, 6.07) is 5.88. The third-order valence-corrected chi connectivity index (χ3v) is 3.07. The summed E-state index contributed by atoms with van der Waals surface area (Å²) in [7, 11) is 1.73. The van der Waals surface area contributed by atoms with Gasteiger partial charge in [-0.2, -0.15) is 8.78 Å². The van der Waals surface area contributed by atoms with E-state index in [1.54, 1.807) is 19.2 Å². The van der Waals surface area contributed by atoms with Crippen LogP contribution < -0.4 is 20.9 Å². The molecule has 7 heteroatoms. The van der Waals surface area contributed by atoms with Crippen LogP contribution in [-0.2, 0) is 11.3 Å². The molecule has 0 aliphatic carbocycles. The van der Waals surface area contributed by atoms with E-state index >= 15 is 0 Å². The summed E-state index contributed by atoms with van der Waals surface area (Å²) >= 11 is 0. The van der Waals surface area contributed by atoms with Gasteiger partial charge in [0.2, 0.25) is 0 Å². The van der Waals surface area contributed by atoms with Crippen LogP contribution in [0.2, 0.25) is 0 Å². The molecule has 1 amide bonds. The number of benzene rings is 1. The minimum absolute atomic E-state index is 0.103. The molecule has 0 saturated carbocycles. The van der Waals surface area contributed by atoms with Crippen LogP contribution in [0.25, 0.3) is 0 Å². The highest BCUT2D eigenvalue weighted by atomic mass is 19.3. The highest BCUT2D eigenvalue weighted by Crippen LogP contribution is 2.18. The zero-order valence-electron chi connectivity index (χ0n) is 13.2. The van der Waals surface area contributed by atoms with Crippen LogP contribution in [0.15, 0.2) is 24.3 Å². The summed E-state index contributed by atoms with van der Waals surface area (Å²) in [6.45, 7) is 3.45. The van der Waals surface area contributed by atoms with Gasteiger partial charge in [0.05, 0.1) is 6.04 Å². The van der Waals surface area contributed by atoms with E-state index in [4.69, 9.17) is 0 Å². The van der Waals surface area contributed by atoms with Crippen molar-refractivity contribution in [1.29, 1.82) is 0 Å². The van der Waals surface area contributed by atoms with Gasteiger partial charge >= 0.3 is 6.61 Å². The largest absolute Gasteiger partial charge is 0.435 e. The molecule has 0 saturated heterocycles. The number of carbonyl (C=O) groups is 1. The molecule has 3 N–H and O–H groups in total. The first kappa shape index (κ1) is 18.3. The topological polar surface area (TPSA) is 62.4 Å². The lowest BCUT2D eigenvalue weighted by atomic mass is 9.86. The van der Waals surface area contributed by atoms with E-state index in [1.165, 1.54) is 12.1 Å². The maximum absolute atomic E-state index is 12.0. The summed E-state index contributed by atoms with van der Waals surface area (Å²) in [5.74, 6) is -0.0570. The summed E-state index contributed by atoms with van der Waals surface area (Å²) in [4.78, 5) is 12.0. The molecule has 5 nitrogen and oxygen atoms in total. The maximum Gasteiger partial charge on any atom is 0.387 e. The normalized spacial score (nSPS) is 13.0. The molecule has 1 aromatic rings. The highest BCUT2D eigenvalue weighted by Gasteiger charge is 2.29. The second-order valence-corrected chi connectivity index (χ2v) is 5.95. The Labute approximate surface area is 129 Å². The van der Waals surface area contributed by atoms with E-state index in [0.717, 1.165) is 5.56 Å². The lowest BCUT2D eigenvalue weighted by Gasteiger charge is -2.29. The number of hydrogen-bond acceptors (Lipinski definition) is 4. The van der Waals surface area contributed by atoms with E-state index in [9.17, 15) is 13.6 Å². The molecular weight excluding hydrogens is 292 g/mol. The number of amides is 1. The molecule has 0 heterocycles.